The molecule has 3 heterocycles. The lowest BCUT2D eigenvalue weighted by Crippen LogP contribution is -2.67. The fraction of sp³-hybridized carbons (Fsp3) is 0.500. The Kier molecular flexibility index (Phi) is 3.43. The number of aromatic nitrogens is 1. The van der Waals surface area contributed by atoms with Crippen LogP contribution in [0.4, 0.5) is 0 Å². The van der Waals surface area contributed by atoms with Crippen molar-refractivity contribution in [3.05, 3.63) is 36.0 Å². The number of hydrogen-bond donors (Lipinski definition) is 0. The molecule has 2 fully saturated rings. The summed E-state index contributed by atoms with van der Waals surface area (Å²) in [4.78, 5) is 14.6. The van der Waals surface area contributed by atoms with Crippen LogP contribution < -0.4 is 0 Å². The molecule has 1 spiro atoms. The number of carbonyl (C=O) groups excluding carboxylic acids is 1. The van der Waals surface area contributed by atoms with E-state index in [1.165, 1.54) is 0 Å². The molecule has 2 aromatic rings. The quantitative estimate of drug-likeness (QED) is 0.853. The minimum absolute atomic E-state index is 0.0875. The number of benzene rings is 1. The van der Waals surface area contributed by atoms with Gasteiger partial charge in [0, 0.05) is 49.8 Å². The fourth-order valence-corrected chi connectivity index (χ4v) is 3.79. The lowest BCUT2D eigenvalue weighted by atomic mass is 9.84. The van der Waals surface area contributed by atoms with Crippen molar-refractivity contribution in [2.75, 3.05) is 26.8 Å². The average Bonchev–Trinajstić information content (AvgIpc) is 2.92. The first-order valence-electron chi connectivity index (χ1n) is 8.11. The molecule has 1 unspecified atom stereocenters. The second kappa shape index (κ2) is 5.35. The summed E-state index contributed by atoms with van der Waals surface area (Å²) in [7, 11) is 3.76. The van der Waals surface area contributed by atoms with Gasteiger partial charge >= 0.3 is 0 Å². The van der Waals surface area contributed by atoms with Gasteiger partial charge in [-0.3, -0.25) is 4.79 Å². The lowest BCUT2D eigenvalue weighted by Gasteiger charge is -2.52. The highest BCUT2D eigenvalue weighted by Crippen LogP contribution is 2.36. The van der Waals surface area contributed by atoms with Crippen LogP contribution >= 0.6 is 0 Å². The highest BCUT2D eigenvalue weighted by molar-refractivity contribution is 5.98. The highest BCUT2D eigenvalue weighted by atomic mass is 16.5. The van der Waals surface area contributed by atoms with Crippen molar-refractivity contribution in [3.8, 4) is 0 Å². The van der Waals surface area contributed by atoms with Crippen LogP contribution in [0.5, 0.6) is 0 Å². The number of carbonyl (C=O) groups is 1. The highest BCUT2D eigenvalue weighted by Gasteiger charge is 2.49. The third-order valence-corrected chi connectivity index (χ3v) is 5.16. The number of methoxy groups -OCH3 is 1. The monoisotopic (exact) mass is 314 g/mol. The van der Waals surface area contributed by atoms with E-state index >= 15 is 0 Å². The molecule has 2 aliphatic heterocycles. The third kappa shape index (κ3) is 2.44. The molecule has 2 aliphatic rings. The van der Waals surface area contributed by atoms with Crippen LogP contribution in [0.25, 0.3) is 10.9 Å². The second-order valence-corrected chi connectivity index (χ2v) is 6.74. The normalized spacial score (nSPS) is 23.2. The minimum Gasteiger partial charge on any atom is -0.381 e. The van der Waals surface area contributed by atoms with Crippen LogP contribution in [0.3, 0.4) is 0 Å². The Balaban J connectivity index is 1.47. The first-order valence-corrected chi connectivity index (χ1v) is 8.11. The zero-order valence-corrected chi connectivity index (χ0v) is 13.6. The van der Waals surface area contributed by atoms with Gasteiger partial charge in [0.2, 0.25) is 0 Å². The molecule has 0 radical (unpaired) electrons. The number of ether oxygens (including phenoxy) is 2. The van der Waals surface area contributed by atoms with Gasteiger partial charge in [0.1, 0.15) is 5.60 Å². The van der Waals surface area contributed by atoms with Crippen LogP contribution in [-0.4, -0.2) is 53.9 Å². The predicted octanol–water partition coefficient (Wildman–Crippen LogP) is 2.20. The number of aryl methyl sites for hydroxylation is 1. The maximum absolute atomic E-state index is 12.7. The Morgan fingerprint density at radius 3 is 2.96 bits per heavy atom. The zero-order chi connectivity index (χ0) is 16.0. The zero-order valence-electron chi connectivity index (χ0n) is 13.6. The van der Waals surface area contributed by atoms with Gasteiger partial charge in [-0.15, -0.1) is 0 Å². The standard InChI is InChI=1S/C18H22N2O3/c1-19-7-5-13-9-14(3-4-16(13)19)17(21)20-11-18(12-20)10-15(22-2)6-8-23-18/h3-5,7,9,15H,6,8,10-12H2,1-2H3. The van der Waals surface area contributed by atoms with Crippen LogP contribution in [0.15, 0.2) is 30.5 Å². The summed E-state index contributed by atoms with van der Waals surface area (Å²) >= 11 is 0. The van der Waals surface area contributed by atoms with E-state index in [4.69, 9.17) is 9.47 Å². The summed E-state index contributed by atoms with van der Waals surface area (Å²) in [5, 5.41) is 1.10. The SMILES string of the molecule is COC1CCOC2(C1)CN(C(=O)c1ccc3c(ccn3C)c1)C2. The summed E-state index contributed by atoms with van der Waals surface area (Å²) in [5.74, 6) is 0.0875. The Bertz CT molecular complexity index is 746. The molecule has 0 N–H and O–H groups in total. The maximum Gasteiger partial charge on any atom is 0.254 e. The predicted molar refractivity (Wildman–Crippen MR) is 87.5 cm³/mol. The van der Waals surface area contributed by atoms with Gasteiger partial charge in [-0.25, -0.2) is 0 Å². The molecule has 23 heavy (non-hydrogen) atoms. The number of fused-ring (bicyclic) bond motifs is 1. The molecule has 0 aliphatic carbocycles. The summed E-state index contributed by atoms with van der Waals surface area (Å²) in [6.07, 6.45) is 4.09. The van der Waals surface area contributed by atoms with Crippen LogP contribution in [-0.2, 0) is 16.5 Å². The first kappa shape index (κ1) is 14.7. The van der Waals surface area contributed by atoms with E-state index in [1.807, 2.05) is 42.4 Å². The Morgan fingerprint density at radius 1 is 1.35 bits per heavy atom. The van der Waals surface area contributed by atoms with E-state index in [0.29, 0.717) is 13.1 Å². The van der Waals surface area contributed by atoms with Gasteiger partial charge in [0.25, 0.3) is 5.91 Å². The molecule has 1 amide bonds. The molecule has 0 saturated carbocycles. The summed E-state index contributed by atoms with van der Waals surface area (Å²) in [6.45, 7) is 2.05. The first-order chi connectivity index (χ1) is 11.1. The van der Waals surface area contributed by atoms with Gasteiger partial charge in [-0.2, -0.15) is 0 Å². The molecule has 0 bridgehead atoms. The van der Waals surface area contributed by atoms with Crippen molar-refractivity contribution in [1.82, 2.24) is 9.47 Å². The smallest absolute Gasteiger partial charge is 0.254 e. The molecule has 1 atom stereocenters. The van der Waals surface area contributed by atoms with E-state index in [0.717, 1.165) is 35.9 Å². The van der Waals surface area contributed by atoms with Gasteiger partial charge in [0.15, 0.2) is 0 Å². The molecule has 2 saturated heterocycles. The Hall–Kier alpha value is -1.85. The number of nitrogens with zero attached hydrogens (tertiary/aromatic N) is 2. The fourth-order valence-electron chi connectivity index (χ4n) is 3.79. The van der Waals surface area contributed by atoms with E-state index in [1.54, 1.807) is 7.11 Å². The number of hydrogen-bond acceptors (Lipinski definition) is 3. The third-order valence-electron chi connectivity index (χ3n) is 5.16. The Morgan fingerprint density at radius 2 is 2.17 bits per heavy atom. The number of amides is 1. The van der Waals surface area contributed by atoms with Crippen molar-refractivity contribution >= 4 is 16.8 Å². The van der Waals surface area contributed by atoms with E-state index in [2.05, 4.69) is 4.57 Å². The van der Waals surface area contributed by atoms with Crippen molar-refractivity contribution in [3.63, 3.8) is 0 Å². The van der Waals surface area contributed by atoms with Gasteiger partial charge in [-0.05, 0) is 30.7 Å². The molecular weight excluding hydrogens is 292 g/mol. The van der Waals surface area contributed by atoms with Gasteiger partial charge in [-0.1, -0.05) is 0 Å². The summed E-state index contributed by atoms with van der Waals surface area (Å²) < 4.78 is 13.5. The molecule has 122 valence electrons. The second-order valence-electron chi connectivity index (χ2n) is 6.74. The maximum atomic E-state index is 12.7. The molecule has 5 heteroatoms. The number of rotatable bonds is 2. The lowest BCUT2D eigenvalue weighted by molar-refractivity contribution is -0.181. The molecule has 4 rings (SSSR count). The largest absolute Gasteiger partial charge is 0.381 e. The van der Waals surface area contributed by atoms with Gasteiger partial charge in [0.05, 0.1) is 19.2 Å². The van der Waals surface area contributed by atoms with Crippen LogP contribution in [0, 0.1) is 0 Å². The molecular formula is C18H22N2O3. The van der Waals surface area contributed by atoms with Crippen molar-refractivity contribution < 1.29 is 14.3 Å². The Labute approximate surface area is 135 Å². The molecule has 5 nitrogen and oxygen atoms in total. The van der Waals surface area contributed by atoms with Crippen LogP contribution in [0.1, 0.15) is 23.2 Å². The van der Waals surface area contributed by atoms with Crippen molar-refractivity contribution in [1.29, 1.82) is 0 Å². The average molecular weight is 314 g/mol. The van der Waals surface area contributed by atoms with Crippen LogP contribution in [0.2, 0.25) is 0 Å². The summed E-state index contributed by atoms with van der Waals surface area (Å²) in [5.41, 5.74) is 1.70. The minimum atomic E-state index is -0.189. The van der Waals surface area contributed by atoms with E-state index in [9.17, 15) is 4.79 Å². The molecule has 1 aromatic heterocycles. The van der Waals surface area contributed by atoms with E-state index in [-0.39, 0.29) is 17.6 Å². The van der Waals surface area contributed by atoms with Gasteiger partial charge < -0.3 is 18.9 Å². The van der Waals surface area contributed by atoms with Crippen molar-refractivity contribution in [2.24, 2.45) is 7.05 Å². The number of likely N-dealkylation sites (tertiary alicyclic amines) is 1. The van der Waals surface area contributed by atoms with Crippen molar-refractivity contribution in [2.45, 2.75) is 24.5 Å². The summed E-state index contributed by atoms with van der Waals surface area (Å²) in [6, 6.07) is 7.94. The molecule has 1 aromatic carbocycles. The van der Waals surface area contributed by atoms with E-state index < -0.39 is 0 Å². The topological polar surface area (TPSA) is 43.7 Å².